The van der Waals surface area contributed by atoms with Gasteiger partial charge < -0.3 is 9.64 Å². The Bertz CT molecular complexity index is 697. The molecule has 24 heavy (non-hydrogen) atoms. The third kappa shape index (κ3) is 5.35. The van der Waals surface area contributed by atoms with Crippen LogP contribution in [0.4, 0.5) is 0 Å². The number of Topliss-reactive ketones (excluding diaryl/α,β-unsaturated/α-hetero) is 1. The first kappa shape index (κ1) is 18.5. The van der Waals surface area contributed by atoms with Crippen LogP contribution in [0.25, 0.3) is 0 Å². The molecule has 0 aliphatic carbocycles. The number of carbonyl (C=O) groups excluding carboxylic acids is 2. The van der Waals surface area contributed by atoms with E-state index in [1.807, 2.05) is 19.1 Å². The van der Waals surface area contributed by atoms with Crippen LogP contribution in [0.15, 0.2) is 36.4 Å². The fourth-order valence-electron chi connectivity index (χ4n) is 2.22. The highest BCUT2D eigenvalue weighted by atomic mass is 35.5. The average Bonchev–Trinajstić information content (AvgIpc) is 2.98. The molecule has 0 aliphatic rings. The maximum absolute atomic E-state index is 12.2. The maximum Gasteiger partial charge on any atom is 0.223 e. The molecule has 0 atom stereocenters. The van der Waals surface area contributed by atoms with Gasteiger partial charge in [0.05, 0.1) is 17.5 Å². The molecule has 0 bridgehead atoms. The summed E-state index contributed by atoms with van der Waals surface area (Å²) in [4.78, 5) is 27.0. The SMILES string of the molecule is CCOc1ccc(C(=O)CCC(=O)N(C)Cc2ccc(Cl)s2)cc1. The molecule has 0 aliphatic heterocycles. The first-order chi connectivity index (χ1) is 11.5. The van der Waals surface area contributed by atoms with Gasteiger partial charge in [-0.1, -0.05) is 11.6 Å². The molecule has 0 spiro atoms. The molecular formula is C18H20ClNO3S. The fourth-order valence-corrected chi connectivity index (χ4v) is 3.36. The zero-order valence-corrected chi connectivity index (χ0v) is 15.3. The standard InChI is InChI=1S/C18H20ClNO3S/c1-3-23-14-6-4-13(5-7-14)16(21)9-11-18(22)20(2)12-15-8-10-17(19)24-15/h4-8,10H,3,9,11-12H2,1-2H3. The lowest BCUT2D eigenvalue weighted by Crippen LogP contribution is -2.26. The van der Waals surface area contributed by atoms with Crippen molar-refractivity contribution in [3.8, 4) is 5.75 Å². The fraction of sp³-hybridized carbons (Fsp3) is 0.333. The Balaban J connectivity index is 1.82. The number of hydrogen-bond donors (Lipinski definition) is 0. The molecule has 1 heterocycles. The molecule has 0 saturated carbocycles. The molecule has 4 nitrogen and oxygen atoms in total. The van der Waals surface area contributed by atoms with Crippen molar-refractivity contribution < 1.29 is 14.3 Å². The van der Waals surface area contributed by atoms with Crippen LogP contribution in [0.2, 0.25) is 4.34 Å². The van der Waals surface area contributed by atoms with Gasteiger partial charge in [-0.25, -0.2) is 0 Å². The first-order valence-electron chi connectivity index (χ1n) is 7.74. The lowest BCUT2D eigenvalue weighted by atomic mass is 10.1. The topological polar surface area (TPSA) is 46.6 Å². The van der Waals surface area contributed by atoms with E-state index in [4.69, 9.17) is 16.3 Å². The van der Waals surface area contributed by atoms with Crippen LogP contribution in [0.5, 0.6) is 5.75 Å². The van der Waals surface area contributed by atoms with E-state index in [2.05, 4.69) is 0 Å². The molecule has 0 unspecified atom stereocenters. The van der Waals surface area contributed by atoms with Gasteiger partial charge in [0.15, 0.2) is 5.78 Å². The van der Waals surface area contributed by atoms with Crippen molar-refractivity contribution >= 4 is 34.6 Å². The Morgan fingerprint density at radius 3 is 2.42 bits per heavy atom. The number of rotatable bonds is 8. The lowest BCUT2D eigenvalue weighted by molar-refractivity contribution is -0.130. The second-order valence-electron chi connectivity index (χ2n) is 5.34. The highest BCUT2D eigenvalue weighted by Gasteiger charge is 2.14. The molecule has 0 N–H and O–H groups in total. The van der Waals surface area contributed by atoms with Gasteiger partial charge in [-0.2, -0.15) is 0 Å². The second kappa shape index (κ2) is 8.85. The first-order valence-corrected chi connectivity index (χ1v) is 8.93. The van der Waals surface area contributed by atoms with Crippen molar-refractivity contribution in [3.63, 3.8) is 0 Å². The molecule has 2 aromatic rings. The van der Waals surface area contributed by atoms with E-state index < -0.39 is 0 Å². The van der Waals surface area contributed by atoms with Crippen molar-refractivity contribution in [1.82, 2.24) is 4.90 Å². The predicted molar refractivity (Wildman–Crippen MR) is 97.0 cm³/mol. The minimum absolute atomic E-state index is 0.0426. The van der Waals surface area contributed by atoms with E-state index in [0.29, 0.717) is 23.1 Å². The van der Waals surface area contributed by atoms with Crippen LogP contribution in [-0.4, -0.2) is 30.2 Å². The maximum atomic E-state index is 12.2. The van der Waals surface area contributed by atoms with Crippen LogP contribution < -0.4 is 4.74 Å². The largest absolute Gasteiger partial charge is 0.494 e. The summed E-state index contributed by atoms with van der Waals surface area (Å²) in [7, 11) is 1.73. The van der Waals surface area contributed by atoms with E-state index in [1.165, 1.54) is 11.3 Å². The molecule has 0 radical (unpaired) electrons. The minimum atomic E-state index is -0.0567. The van der Waals surface area contributed by atoms with Gasteiger partial charge in [0.25, 0.3) is 0 Å². The Kier molecular flexibility index (Phi) is 6.82. The minimum Gasteiger partial charge on any atom is -0.494 e. The van der Waals surface area contributed by atoms with Crippen molar-refractivity contribution in [2.24, 2.45) is 0 Å². The van der Waals surface area contributed by atoms with Gasteiger partial charge in [0.2, 0.25) is 5.91 Å². The van der Waals surface area contributed by atoms with Gasteiger partial charge in [0.1, 0.15) is 5.75 Å². The molecule has 128 valence electrons. The third-order valence-corrected chi connectivity index (χ3v) is 4.72. The van der Waals surface area contributed by atoms with E-state index in [1.54, 1.807) is 36.2 Å². The van der Waals surface area contributed by atoms with E-state index in [-0.39, 0.29) is 24.5 Å². The molecule has 0 fully saturated rings. The van der Waals surface area contributed by atoms with Crippen LogP contribution in [0, 0.1) is 0 Å². The molecule has 1 aromatic heterocycles. The number of benzene rings is 1. The average molecular weight is 366 g/mol. The summed E-state index contributed by atoms with van der Waals surface area (Å²) in [6.07, 6.45) is 0.393. The number of amides is 1. The third-order valence-electron chi connectivity index (χ3n) is 3.50. The Hall–Kier alpha value is -1.85. The molecule has 1 aromatic carbocycles. The van der Waals surface area contributed by atoms with Crippen molar-refractivity contribution in [3.05, 3.63) is 51.2 Å². The van der Waals surface area contributed by atoms with Crippen LogP contribution in [0.1, 0.15) is 35.0 Å². The quantitative estimate of drug-likeness (QED) is 0.650. The number of halogens is 1. The number of ether oxygens (including phenoxy) is 1. The van der Waals surface area contributed by atoms with Crippen LogP contribution >= 0.6 is 22.9 Å². The lowest BCUT2D eigenvalue weighted by Gasteiger charge is -2.16. The smallest absolute Gasteiger partial charge is 0.223 e. The van der Waals surface area contributed by atoms with Crippen LogP contribution in [0.3, 0.4) is 0 Å². The second-order valence-corrected chi connectivity index (χ2v) is 7.14. The number of hydrogen-bond acceptors (Lipinski definition) is 4. The number of carbonyl (C=O) groups is 2. The number of nitrogens with zero attached hydrogens (tertiary/aromatic N) is 1. The predicted octanol–water partition coefficient (Wildman–Crippen LogP) is 4.42. The van der Waals surface area contributed by atoms with Gasteiger partial charge in [-0.15, -0.1) is 11.3 Å². The highest BCUT2D eigenvalue weighted by Crippen LogP contribution is 2.22. The van der Waals surface area contributed by atoms with Gasteiger partial charge in [-0.3, -0.25) is 9.59 Å². The molecule has 6 heteroatoms. The molecule has 0 saturated heterocycles. The monoisotopic (exact) mass is 365 g/mol. The number of ketones is 1. The van der Waals surface area contributed by atoms with Gasteiger partial charge >= 0.3 is 0 Å². The normalized spacial score (nSPS) is 10.5. The summed E-state index contributed by atoms with van der Waals surface area (Å²) in [6.45, 7) is 3.00. The van der Waals surface area contributed by atoms with Gasteiger partial charge in [-0.05, 0) is 43.3 Å². The Labute approximate surface area is 151 Å². The van der Waals surface area contributed by atoms with Crippen molar-refractivity contribution in [2.45, 2.75) is 26.3 Å². The summed E-state index contributed by atoms with van der Waals surface area (Å²) in [5, 5.41) is 0. The zero-order valence-electron chi connectivity index (χ0n) is 13.8. The zero-order chi connectivity index (χ0) is 17.5. The molecule has 1 amide bonds. The summed E-state index contributed by atoms with van der Waals surface area (Å²) >= 11 is 7.34. The van der Waals surface area contributed by atoms with Crippen molar-refractivity contribution in [2.75, 3.05) is 13.7 Å². The van der Waals surface area contributed by atoms with E-state index >= 15 is 0 Å². The summed E-state index contributed by atoms with van der Waals surface area (Å²) in [6, 6.07) is 10.7. The Morgan fingerprint density at radius 2 is 1.83 bits per heavy atom. The number of thiophene rings is 1. The molecular weight excluding hydrogens is 346 g/mol. The summed E-state index contributed by atoms with van der Waals surface area (Å²) in [5.41, 5.74) is 0.596. The Morgan fingerprint density at radius 1 is 1.12 bits per heavy atom. The summed E-state index contributed by atoms with van der Waals surface area (Å²) < 4.78 is 6.05. The van der Waals surface area contributed by atoms with Gasteiger partial charge in [0, 0.05) is 30.3 Å². The summed E-state index contributed by atoms with van der Waals surface area (Å²) in [5.74, 6) is 0.636. The highest BCUT2D eigenvalue weighted by molar-refractivity contribution is 7.16. The van der Waals surface area contributed by atoms with Crippen LogP contribution in [-0.2, 0) is 11.3 Å². The van der Waals surface area contributed by atoms with E-state index in [0.717, 1.165) is 10.6 Å². The van der Waals surface area contributed by atoms with Crippen molar-refractivity contribution in [1.29, 1.82) is 0 Å². The molecule has 2 rings (SSSR count). The van der Waals surface area contributed by atoms with E-state index in [9.17, 15) is 9.59 Å².